The second-order valence-electron chi connectivity index (χ2n) is 8.05. The van der Waals surface area contributed by atoms with E-state index in [0.717, 1.165) is 6.07 Å². The molecule has 34 heavy (non-hydrogen) atoms. The zero-order valence-electron chi connectivity index (χ0n) is 18.1. The van der Waals surface area contributed by atoms with Crippen molar-refractivity contribution in [3.05, 3.63) is 82.7 Å². The van der Waals surface area contributed by atoms with Gasteiger partial charge in [-0.1, -0.05) is 12.1 Å². The topological polar surface area (TPSA) is 128 Å². The molecular weight excluding hydrogens is 445 g/mol. The van der Waals surface area contributed by atoms with Crippen LogP contribution >= 0.6 is 0 Å². The normalized spacial score (nSPS) is 17.2. The Hall–Kier alpha value is -4.27. The van der Waals surface area contributed by atoms with Crippen molar-refractivity contribution >= 4 is 11.9 Å². The van der Waals surface area contributed by atoms with Gasteiger partial charge in [0.15, 0.2) is 23.0 Å². The molecular formula is C25H22FNO7. The Morgan fingerprint density at radius 1 is 0.971 bits per heavy atom. The summed E-state index contributed by atoms with van der Waals surface area (Å²) < 4.78 is 18.8. The highest BCUT2D eigenvalue weighted by molar-refractivity contribution is 5.97. The Balaban J connectivity index is 1.89. The average molecular weight is 467 g/mol. The van der Waals surface area contributed by atoms with Crippen molar-refractivity contribution < 1.29 is 39.1 Å². The van der Waals surface area contributed by atoms with E-state index in [-0.39, 0.29) is 35.7 Å². The number of hydrogen-bond acceptors (Lipinski definition) is 7. The Morgan fingerprint density at radius 2 is 1.68 bits per heavy atom. The van der Waals surface area contributed by atoms with Crippen LogP contribution in [0, 0.1) is 5.82 Å². The van der Waals surface area contributed by atoms with Gasteiger partial charge in [0.25, 0.3) is 5.91 Å². The van der Waals surface area contributed by atoms with E-state index in [1.807, 2.05) is 0 Å². The molecule has 1 amide bonds. The Labute approximate surface area is 194 Å². The first kappa shape index (κ1) is 22.9. The summed E-state index contributed by atoms with van der Waals surface area (Å²) in [6.45, 7) is 0. The van der Waals surface area contributed by atoms with Crippen molar-refractivity contribution in [2.24, 2.45) is 0 Å². The summed E-state index contributed by atoms with van der Waals surface area (Å²) in [5, 5.41) is 39.8. The molecule has 8 nitrogen and oxygen atoms in total. The van der Waals surface area contributed by atoms with Gasteiger partial charge in [0, 0.05) is 12.0 Å². The van der Waals surface area contributed by atoms with Crippen molar-refractivity contribution in [2.75, 3.05) is 7.11 Å². The van der Waals surface area contributed by atoms with E-state index < -0.39 is 35.5 Å². The van der Waals surface area contributed by atoms with Crippen LogP contribution in [0.5, 0.6) is 23.0 Å². The number of esters is 1. The fourth-order valence-corrected chi connectivity index (χ4v) is 4.31. The third-order valence-electron chi connectivity index (χ3n) is 5.93. The van der Waals surface area contributed by atoms with Crippen LogP contribution in [-0.4, -0.2) is 50.4 Å². The lowest BCUT2D eigenvalue weighted by Gasteiger charge is -2.42. The number of phenols is 4. The zero-order chi connectivity index (χ0) is 24.6. The maximum absolute atomic E-state index is 13.9. The molecule has 0 fully saturated rings. The Bertz CT molecular complexity index is 1280. The third kappa shape index (κ3) is 4.19. The van der Waals surface area contributed by atoms with Crippen molar-refractivity contribution in [1.82, 2.24) is 4.90 Å². The zero-order valence-corrected chi connectivity index (χ0v) is 18.1. The number of carbonyl (C=O) groups is 2. The summed E-state index contributed by atoms with van der Waals surface area (Å²) in [6, 6.07) is 9.88. The van der Waals surface area contributed by atoms with E-state index in [1.54, 1.807) is 6.07 Å². The number of carbonyl (C=O) groups excluding carboxylic acids is 2. The van der Waals surface area contributed by atoms with Gasteiger partial charge in [-0.25, -0.2) is 9.18 Å². The number of methoxy groups -OCH3 is 1. The fourth-order valence-electron chi connectivity index (χ4n) is 4.31. The maximum atomic E-state index is 13.9. The summed E-state index contributed by atoms with van der Waals surface area (Å²) in [5.74, 6) is -3.45. The maximum Gasteiger partial charge on any atom is 0.328 e. The number of hydrogen-bond donors (Lipinski definition) is 4. The van der Waals surface area contributed by atoms with Gasteiger partial charge < -0.3 is 30.1 Å². The average Bonchev–Trinajstić information content (AvgIpc) is 2.81. The molecule has 0 radical (unpaired) electrons. The molecule has 0 saturated heterocycles. The molecule has 0 unspecified atom stereocenters. The molecule has 0 aliphatic carbocycles. The minimum atomic E-state index is -1.10. The second kappa shape index (κ2) is 8.93. The van der Waals surface area contributed by atoms with Crippen molar-refractivity contribution in [1.29, 1.82) is 0 Å². The Kier molecular flexibility index (Phi) is 6.02. The standard InChI is InChI=1S/C25H22FNO7/c1-34-25(33)19-10-15-11-22(30)23(31)12-17(15)18(7-13-5-6-20(28)21(29)8-13)27(19)24(32)14-3-2-4-16(26)9-14/h2-6,8-9,11-12,18-19,28-31H,7,10H2,1H3/t18-,19-/m0/s1. The number of ether oxygens (including phenoxy) is 1. The third-order valence-corrected chi connectivity index (χ3v) is 5.93. The van der Waals surface area contributed by atoms with Gasteiger partial charge in [-0.2, -0.15) is 0 Å². The first-order chi connectivity index (χ1) is 16.2. The molecule has 1 aliphatic heterocycles. The van der Waals surface area contributed by atoms with Crippen LogP contribution in [0.25, 0.3) is 0 Å². The molecule has 2 atom stereocenters. The summed E-state index contributed by atoms with van der Waals surface area (Å²) in [4.78, 5) is 27.6. The van der Waals surface area contributed by atoms with Crippen LogP contribution in [0.15, 0.2) is 54.6 Å². The number of benzene rings is 3. The number of rotatable bonds is 4. The van der Waals surface area contributed by atoms with Gasteiger partial charge in [-0.05, 0) is 65.6 Å². The van der Waals surface area contributed by atoms with Crippen molar-refractivity contribution in [3.63, 3.8) is 0 Å². The summed E-state index contributed by atoms with van der Waals surface area (Å²) in [7, 11) is 1.18. The highest BCUT2D eigenvalue weighted by atomic mass is 19.1. The van der Waals surface area contributed by atoms with Gasteiger partial charge in [-0.15, -0.1) is 0 Å². The number of halogens is 1. The van der Waals surface area contributed by atoms with Crippen LogP contribution < -0.4 is 0 Å². The predicted molar refractivity (Wildman–Crippen MR) is 118 cm³/mol. The minimum Gasteiger partial charge on any atom is -0.504 e. The second-order valence-corrected chi connectivity index (χ2v) is 8.05. The van der Waals surface area contributed by atoms with E-state index in [0.29, 0.717) is 16.7 Å². The summed E-state index contributed by atoms with van der Waals surface area (Å²) in [6.07, 6.45) is 0.0633. The quantitative estimate of drug-likeness (QED) is 0.343. The van der Waals surface area contributed by atoms with Gasteiger partial charge in [-0.3, -0.25) is 4.79 Å². The van der Waals surface area contributed by atoms with Crippen LogP contribution in [-0.2, 0) is 22.4 Å². The van der Waals surface area contributed by atoms with E-state index in [4.69, 9.17) is 4.74 Å². The van der Waals surface area contributed by atoms with E-state index in [2.05, 4.69) is 0 Å². The number of phenolic OH excluding ortho intramolecular Hbond substituents is 4. The first-order valence-corrected chi connectivity index (χ1v) is 10.4. The van der Waals surface area contributed by atoms with Gasteiger partial charge in [0.05, 0.1) is 13.2 Å². The van der Waals surface area contributed by atoms with Crippen LogP contribution in [0.4, 0.5) is 4.39 Å². The van der Waals surface area contributed by atoms with Crippen molar-refractivity contribution in [2.45, 2.75) is 24.9 Å². The Morgan fingerprint density at radius 3 is 2.35 bits per heavy atom. The molecule has 0 bridgehead atoms. The molecule has 1 aliphatic rings. The van der Waals surface area contributed by atoms with Gasteiger partial charge in [0.1, 0.15) is 11.9 Å². The molecule has 4 rings (SSSR count). The highest BCUT2D eigenvalue weighted by Gasteiger charge is 2.42. The van der Waals surface area contributed by atoms with Crippen molar-refractivity contribution in [3.8, 4) is 23.0 Å². The molecule has 3 aromatic carbocycles. The molecule has 0 saturated carbocycles. The SMILES string of the molecule is COC(=O)[C@@H]1Cc2cc(O)c(O)cc2[C@H](Cc2ccc(O)c(O)c2)N1C(=O)c1cccc(F)c1. The number of fused-ring (bicyclic) bond motifs is 1. The van der Waals surface area contributed by atoms with E-state index in [9.17, 15) is 34.4 Å². The lowest BCUT2D eigenvalue weighted by atomic mass is 9.84. The first-order valence-electron chi connectivity index (χ1n) is 10.4. The van der Waals surface area contributed by atoms with Crippen LogP contribution in [0.1, 0.15) is 33.1 Å². The van der Waals surface area contributed by atoms with Crippen LogP contribution in [0.3, 0.4) is 0 Å². The predicted octanol–water partition coefficient (Wildman–Crippen LogP) is 3.17. The van der Waals surface area contributed by atoms with Crippen LogP contribution in [0.2, 0.25) is 0 Å². The molecule has 0 aromatic heterocycles. The monoisotopic (exact) mass is 467 g/mol. The molecule has 4 N–H and O–H groups in total. The highest BCUT2D eigenvalue weighted by Crippen LogP contribution is 2.42. The minimum absolute atomic E-state index is 0.00572. The molecule has 3 aromatic rings. The molecule has 176 valence electrons. The van der Waals surface area contributed by atoms with Gasteiger partial charge >= 0.3 is 5.97 Å². The lowest BCUT2D eigenvalue weighted by molar-refractivity contribution is -0.147. The molecule has 9 heteroatoms. The van der Waals surface area contributed by atoms with E-state index in [1.165, 1.54) is 54.5 Å². The number of nitrogens with zero attached hydrogens (tertiary/aromatic N) is 1. The van der Waals surface area contributed by atoms with Gasteiger partial charge in [0.2, 0.25) is 0 Å². The molecule has 0 spiro atoms. The number of amides is 1. The van der Waals surface area contributed by atoms with E-state index >= 15 is 0 Å². The number of aromatic hydroxyl groups is 4. The largest absolute Gasteiger partial charge is 0.504 e. The summed E-state index contributed by atoms with van der Waals surface area (Å²) in [5.41, 5.74) is 1.51. The summed E-state index contributed by atoms with van der Waals surface area (Å²) >= 11 is 0. The fraction of sp³-hybridized carbons (Fsp3) is 0.200. The lowest BCUT2D eigenvalue weighted by Crippen LogP contribution is -2.52. The molecule has 1 heterocycles. The smallest absolute Gasteiger partial charge is 0.328 e.